The van der Waals surface area contributed by atoms with Gasteiger partial charge in [0.25, 0.3) is 5.91 Å². The standard InChI is InChI=1S/C10H17N3O2/c1-11-3-5-13(6-4-11)8-7-9(14)12(2)10(8)15/h8H,3-7H2,1-2H3/p+2. The van der Waals surface area contributed by atoms with Gasteiger partial charge >= 0.3 is 0 Å². The number of hydrogen-bond acceptors (Lipinski definition) is 2. The maximum Gasteiger partial charge on any atom is 0.287 e. The van der Waals surface area contributed by atoms with E-state index in [1.807, 2.05) is 0 Å². The van der Waals surface area contributed by atoms with E-state index in [-0.39, 0.29) is 17.9 Å². The molecule has 2 saturated heterocycles. The van der Waals surface area contributed by atoms with E-state index in [4.69, 9.17) is 0 Å². The van der Waals surface area contributed by atoms with Crippen LogP contribution < -0.4 is 9.80 Å². The van der Waals surface area contributed by atoms with Gasteiger partial charge in [0.1, 0.15) is 26.2 Å². The maximum atomic E-state index is 11.8. The fraction of sp³-hybridized carbons (Fsp3) is 0.800. The van der Waals surface area contributed by atoms with Gasteiger partial charge in [0, 0.05) is 7.05 Å². The lowest BCUT2D eigenvalue weighted by molar-refractivity contribution is -1.01. The first kappa shape index (κ1) is 10.6. The van der Waals surface area contributed by atoms with Gasteiger partial charge in [-0.15, -0.1) is 0 Å². The van der Waals surface area contributed by atoms with E-state index < -0.39 is 0 Å². The molecule has 15 heavy (non-hydrogen) atoms. The molecule has 2 heterocycles. The molecule has 0 bridgehead atoms. The lowest BCUT2D eigenvalue weighted by Crippen LogP contribution is -3.29. The van der Waals surface area contributed by atoms with Crippen molar-refractivity contribution in [2.45, 2.75) is 12.5 Å². The lowest BCUT2D eigenvalue weighted by Gasteiger charge is -2.30. The minimum absolute atomic E-state index is 0.00885. The van der Waals surface area contributed by atoms with Crippen LogP contribution in [0.1, 0.15) is 6.42 Å². The Balaban J connectivity index is 2.00. The highest BCUT2D eigenvalue weighted by Crippen LogP contribution is 2.07. The van der Waals surface area contributed by atoms with Crippen LogP contribution in [0.3, 0.4) is 0 Å². The van der Waals surface area contributed by atoms with Crippen molar-refractivity contribution in [3.05, 3.63) is 0 Å². The number of nitrogens with zero attached hydrogens (tertiary/aromatic N) is 1. The van der Waals surface area contributed by atoms with Crippen LogP contribution in [-0.4, -0.2) is 63.0 Å². The number of amides is 2. The van der Waals surface area contributed by atoms with Crippen molar-refractivity contribution in [2.75, 3.05) is 40.3 Å². The van der Waals surface area contributed by atoms with Crippen LogP contribution in [-0.2, 0) is 9.59 Å². The minimum Gasteiger partial charge on any atom is -0.328 e. The number of likely N-dealkylation sites (tertiary alicyclic amines) is 1. The van der Waals surface area contributed by atoms with Crippen LogP contribution in [0.4, 0.5) is 0 Å². The smallest absolute Gasteiger partial charge is 0.287 e. The molecule has 84 valence electrons. The average molecular weight is 213 g/mol. The molecule has 0 saturated carbocycles. The van der Waals surface area contributed by atoms with Crippen LogP contribution in [0.2, 0.25) is 0 Å². The Bertz CT molecular complexity index is 284. The number of piperazine rings is 1. The summed E-state index contributed by atoms with van der Waals surface area (Å²) in [5.74, 6) is -0.0154. The first-order chi connectivity index (χ1) is 7.09. The molecule has 0 radical (unpaired) electrons. The molecule has 1 unspecified atom stereocenters. The number of quaternary nitrogens is 2. The molecule has 2 aliphatic rings. The SMILES string of the molecule is CN1C(=O)CC([NH+]2CC[NH+](C)CC2)C1=O. The summed E-state index contributed by atoms with van der Waals surface area (Å²) < 4.78 is 0. The summed E-state index contributed by atoms with van der Waals surface area (Å²) >= 11 is 0. The van der Waals surface area contributed by atoms with Crippen molar-refractivity contribution in [1.29, 1.82) is 0 Å². The first-order valence-electron chi connectivity index (χ1n) is 5.56. The van der Waals surface area contributed by atoms with Crippen molar-refractivity contribution >= 4 is 11.8 Å². The maximum absolute atomic E-state index is 11.8. The van der Waals surface area contributed by atoms with Gasteiger partial charge in [0.2, 0.25) is 5.91 Å². The molecule has 0 spiro atoms. The van der Waals surface area contributed by atoms with Gasteiger partial charge in [0.15, 0.2) is 6.04 Å². The zero-order valence-electron chi connectivity index (χ0n) is 9.38. The summed E-state index contributed by atoms with van der Waals surface area (Å²) in [7, 11) is 3.76. The number of rotatable bonds is 1. The van der Waals surface area contributed by atoms with Crippen LogP contribution in [0, 0.1) is 0 Å². The molecule has 2 N–H and O–H groups in total. The first-order valence-corrected chi connectivity index (χ1v) is 5.56. The second-order valence-electron chi connectivity index (χ2n) is 4.66. The van der Waals surface area contributed by atoms with Crippen LogP contribution in [0.15, 0.2) is 0 Å². The summed E-state index contributed by atoms with van der Waals surface area (Å²) in [6.45, 7) is 4.20. The molecule has 5 heteroatoms. The van der Waals surface area contributed by atoms with Gasteiger partial charge in [-0.2, -0.15) is 0 Å². The highest BCUT2D eigenvalue weighted by Gasteiger charge is 2.44. The fourth-order valence-corrected chi connectivity index (χ4v) is 2.42. The van der Waals surface area contributed by atoms with E-state index in [0.29, 0.717) is 6.42 Å². The molecule has 0 aromatic carbocycles. The van der Waals surface area contributed by atoms with Crippen molar-refractivity contribution in [3.63, 3.8) is 0 Å². The van der Waals surface area contributed by atoms with Crippen molar-refractivity contribution in [2.24, 2.45) is 0 Å². The number of carbonyl (C=O) groups excluding carboxylic acids is 2. The van der Waals surface area contributed by atoms with E-state index in [9.17, 15) is 9.59 Å². The average Bonchev–Trinajstić information content (AvgIpc) is 2.47. The van der Waals surface area contributed by atoms with Crippen LogP contribution >= 0.6 is 0 Å². The quantitative estimate of drug-likeness (QED) is 0.438. The van der Waals surface area contributed by atoms with Gasteiger partial charge in [-0.25, -0.2) is 0 Å². The van der Waals surface area contributed by atoms with Crippen molar-refractivity contribution in [1.82, 2.24) is 4.90 Å². The van der Waals surface area contributed by atoms with E-state index in [0.717, 1.165) is 26.2 Å². The van der Waals surface area contributed by atoms with Gasteiger partial charge in [-0.05, 0) is 0 Å². The van der Waals surface area contributed by atoms with Gasteiger partial charge in [0.05, 0.1) is 13.5 Å². The Hall–Kier alpha value is -0.940. The lowest BCUT2D eigenvalue weighted by atomic mass is 10.2. The molecule has 5 nitrogen and oxygen atoms in total. The number of imide groups is 1. The zero-order valence-corrected chi connectivity index (χ0v) is 9.38. The number of hydrogen-bond donors (Lipinski definition) is 2. The Morgan fingerprint density at radius 1 is 1.20 bits per heavy atom. The number of likely N-dealkylation sites (N-methyl/N-ethyl adjacent to an activating group) is 2. The fourth-order valence-electron chi connectivity index (χ4n) is 2.42. The Morgan fingerprint density at radius 3 is 2.27 bits per heavy atom. The van der Waals surface area contributed by atoms with Gasteiger partial charge in [-0.3, -0.25) is 14.5 Å². The van der Waals surface area contributed by atoms with E-state index >= 15 is 0 Å². The number of nitrogens with one attached hydrogen (secondary N) is 2. The summed E-state index contributed by atoms with van der Waals surface area (Å²) in [4.78, 5) is 27.3. The van der Waals surface area contributed by atoms with Gasteiger partial charge < -0.3 is 9.80 Å². The van der Waals surface area contributed by atoms with Crippen LogP contribution in [0.5, 0.6) is 0 Å². The third-order valence-electron chi connectivity index (χ3n) is 3.62. The van der Waals surface area contributed by atoms with Crippen LogP contribution in [0.25, 0.3) is 0 Å². The molecule has 2 fully saturated rings. The third kappa shape index (κ3) is 1.89. The molecule has 0 aromatic heterocycles. The van der Waals surface area contributed by atoms with E-state index in [1.165, 1.54) is 14.7 Å². The van der Waals surface area contributed by atoms with E-state index in [1.54, 1.807) is 7.05 Å². The molecular formula is C10H19N3O2+2. The largest absolute Gasteiger partial charge is 0.328 e. The van der Waals surface area contributed by atoms with Crippen molar-refractivity contribution in [3.8, 4) is 0 Å². The normalized spacial score (nSPS) is 37.5. The molecule has 2 aliphatic heterocycles. The molecular weight excluding hydrogens is 194 g/mol. The van der Waals surface area contributed by atoms with Crippen molar-refractivity contribution < 1.29 is 19.4 Å². The molecule has 2 amide bonds. The Labute approximate surface area is 89.6 Å². The highest BCUT2D eigenvalue weighted by atomic mass is 16.2. The zero-order chi connectivity index (χ0) is 11.0. The minimum atomic E-state index is -0.101. The summed E-state index contributed by atoms with van der Waals surface area (Å²) in [5.41, 5.74) is 0. The highest BCUT2D eigenvalue weighted by molar-refractivity contribution is 6.04. The monoisotopic (exact) mass is 213 g/mol. The summed E-state index contributed by atoms with van der Waals surface area (Å²) in [5, 5.41) is 0. The molecule has 1 atom stereocenters. The molecule has 0 aromatic rings. The Kier molecular flexibility index (Phi) is 2.75. The predicted molar refractivity (Wildman–Crippen MR) is 53.5 cm³/mol. The third-order valence-corrected chi connectivity index (χ3v) is 3.62. The second-order valence-corrected chi connectivity index (χ2v) is 4.66. The second kappa shape index (κ2) is 3.90. The predicted octanol–water partition coefficient (Wildman–Crippen LogP) is -3.84. The summed E-state index contributed by atoms with van der Waals surface area (Å²) in [6, 6.07) is -0.101. The topological polar surface area (TPSA) is 46.3 Å². The van der Waals surface area contributed by atoms with Gasteiger partial charge in [-0.1, -0.05) is 0 Å². The number of carbonyl (C=O) groups is 2. The summed E-state index contributed by atoms with van der Waals surface area (Å²) in [6.07, 6.45) is 0.406. The Morgan fingerprint density at radius 2 is 1.80 bits per heavy atom. The molecule has 0 aliphatic carbocycles. The molecule has 2 rings (SSSR count). The van der Waals surface area contributed by atoms with E-state index in [2.05, 4.69) is 7.05 Å².